The summed E-state index contributed by atoms with van der Waals surface area (Å²) >= 11 is 0. The average Bonchev–Trinajstić information content (AvgIpc) is 2.79. The van der Waals surface area contributed by atoms with Gasteiger partial charge in [0, 0.05) is 11.1 Å². The van der Waals surface area contributed by atoms with Gasteiger partial charge in [-0.25, -0.2) is 5.01 Å². The molecule has 3 atom stereocenters. The number of amides is 1. The monoisotopic (exact) mass is 384 g/mol. The summed E-state index contributed by atoms with van der Waals surface area (Å²) in [6, 6.07) is 16.6. The fourth-order valence-corrected chi connectivity index (χ4v) is 5.67. The van der Waals surface area contributed by atoms with Crippen LogP contribution >= 0.6 is 0 Å². The van der Waals surface area contributed by atoms with Crippen molar-refractivity contribution in [3.8, 4) is 0 Å². The lowest BCUT2D eigenvalue weighted by Crippen LogP contribution is -2.56. The van der Waals surface area contributed by atoms with Gasteiger partial charge in [-0.2, -0.15) is 10.2 Å². The van der Waals surface area contributed by atoms with Crippen LogP contribution in [0.2, 0.25) is 0 Å². The molecule has 146 valence electrons. The molecule has 4 aliphatic rings. The number of benzene rings is 2. The van der Waals surface area contributed by atoms with Gasteiger partial charge in [0.05, 0.1) is 24.4 Å². The van der Waals surface area contributed by atoms with Crippen LogP contribution in [0.25, 0.3) is 0 Å². The van der Waals surface area contributed by atoms with E-state index in [2.05, 4.69) is 40.4 Å². The average molecular weight is 384 g/mol. The summed E-state index contributed by atoms with van der Waals surface area (Å²) in [4.78, 5) is 13.9. The number of hydrazone groups is 2. The van der Waals surface area contributed by atoms with E-state index in [1.54, 1.807) is 5.01 Å². The summed E-state index contributed by atoms with van der Waals surface area (Å²) < 4.78 is 0. The summed E-state index contributed by atoms with van der Waals surface area (Å²) in [5, 5.41) is 13.4. The molecular weight excluding hydrogens is 360 g/mol. The Morgan fingerprint density at radius 3 is 2.24 bits per heavy atom. The normalized spacial score (nSPS) is 27.9. The number of rotatable bonds is 1. The first-order valence-electron chi connectivity index (χ1n) is 10.7. The molecule has 1 saturated heterocycles. The van der Waals surface area contributed by atoms with Crippen molar-refractivity contribution in [2.75, 3.05) is 0 Å². The van der Waals surface area contributed by atoms with Crippen molar-refractivity contribution in [3.63, 3.8) is 0 Å². The molecule has 2 aromatic rings. The highest BCUT2D eigenvalue weighted by Gasteiger charge is 2.53. The van der Waals surface area contributed by atoms with Gasteiger partial charge in [0.25, 0.3) is 5.91 Å². The number of hydrogen-bond acceptors (Lipinski definition) is 4. The van der Waals surface area contributed by atoms with Crippen LogP contribution in [0.1, 0.15) is 66.6 Å². The smallest absolute Gasteiger partial charge is 0.250 e. The van der Waals surface area contributed by atoms with Crippen LogP contribution < -0.4 is 0 Å². The Kier molecular flexibility index (Phi) is 3.83. The highest BCUT2D eigenvalue weighted by Crippen LogP contribution is 2.51. The predicted octanol–water partition coefficient (Wildman–Crippen LogP) is 4.46. The Hall–Kier alpha value is -2.95. The topological polar surface area (TPSA) is 48.3 Å². The molecule has 3 unspecified atom stereocenters. The number of nitrogens with zero attached hydrogens (tertiary/aromatic N) is 4. The van der Waals surface area contributed by atoms with E-state index in [9.17, 15) is 4.79 Å². The van der Waals surface area contributed by atoms with E-state index in [0.717, 1.165) is 29.5 Å². The second-order valence-corrected chi connectivity index (χ2v) is 8.55. The minimum absolute atomic E-state index is 0.0330. The maximum atomic E-state index is 13.9. The number of carbonyl (C=O) groups is 1. The Bertz CT molecular complexity index is 1020. The molecule has 1 saturated carbocycles. The Morgan fingerprint density at radius 2 is 1.45 bits per heavy atom. The number of carbonyl (C=O) groups excluding carboxylic acids is 1. The third kappa shape index (κ3) is 2.49. The Balaban J connectivity index is 1.53. The first-order chi connectivity index (χ1) is 14.3. The van der Waals surface area contributed by atoms with E-state index in [1.807, 2.05) is 30.6 Å². The molecule has 1 amide bonds. The standard InChI is InChI=1S/C24H24N4O/c29-24-21(16-8-2-1-3-9-16)22-19-12-6-4-10-17(19)14-25-27(22)23-20-13-7-5-11-18(20)15-26-28(23)24/h4-7,10-16,21-23H,1-3,8-9H2. The fourth-order valence-electron chi connectivity index (χ4n) is 5.67. The molecule has 0 bridgehead atoms. The zero-order valence-electron chi connectivity index (χ0n) is 16.3. The lowest BCUT2D eigenvalue weighted by Gasteiger charge is -2.52. The van der Waals surface area contributed by atoms with Crippen LogP contribution in [0.4, 0.5) is 0 Å². The third-order valence-electron chi connectivity index (χ3n) is 7.02. The molecule has 3 aliphatic heterocycles. The van der Waals surface area contributed by atoms with Crippen molar-refractivity contribution in [1.29, 1.82) is 0 Å². The molecule has 2 aromatic carbocycles. The maximum absolute atomic E-state index is 13.9. The first kappa shape index (κ1) is 17.0. The highest BCUT2D eigenvalue weighted by molar-refractivity contribution is 5.90. The van der Waals surface area contributed by atoms with E-state index in [-0.39, 0.29) is 24.0 Å². The van der Waals surface area contributed by atoms with Gasteiger partial charge in [-0.15, -0.1) is 0 Å². The SMILES string of the molecule is O=C1C(C2CCCCC2)C2c3ccccc3C=NN2C2c3ccccc3C=NN12. The molecule has 0 spiro atoms. The van der Waals surface area contributed by atoms with E-state index < -0.39 is 0 Å². The van der Waals surface area contributed by atoms with Gasteiger partial charge in [0.1, 0.15) is 0 Å². The summed E-state index contributed by atoms with van der Waals surface area (Å²) in [5.41, 5.74) is 4.51. The molecule has 3 heterocycles. The second-order valence-electron chi connectivity index (χ2n) is 8.55. The molecule has 2 fully saturated rings. The van der Waals surface area contributed by atoms with Crippen molar-refractivity contribution in [2.24, 2.45) is 22.0 Å². The summed E-state index contributed by atoms with van der Waals surface area (Å²) in [6.07, 6.45) is 9.42. The summed E-state index contributed by atoms with van der Waals surface area (Å²) in [7, 11) is 0. The second kappa shape index (κ2) is 6.55. The van der Waals surface area contributed by atoms with Crippen LogP contribution in [-0.2, 0) is 4.79 Å². The molecule has 1 aliphatic carbocycles. The van der Waals surface area contributed by atoms with Gasteiger partial charge >= 0.3 is 0 Å². The number of fused-ring (bicyclic) bond motifs is 7. The van der Waals surface area contributed by atoms with Crippen LogP contribution in [0.15, 0.2) is 58.7 Å². The Labute approximate surface area is 170 Å². The quantitative estimate of drug-likeness (QED) is 0.729. The predicted molar refractivity (Wildman–Crippen MR) is 112 cm³/mol. The minimum Gasteiger partial charge on any atom is -0.272 e. The lowest BCUT2D eigenvalue weighted by molar-refractivity contribution is -0.165. The van der Waals surface area contributed by atoms with Crippen molar-refractivity contribution in [3.05, 3.63) is 70.8 Å². The van der Waals surface area contributed by atoms with Gasteiger partial charge < -0.3 is 0 Å². The highest BCUT2D eigenvalue weighted by atomic mass is 16.2. The molecule has 0 aromatic heterocycles. The lowest BCUT2D eigenvalue weighted by atomic mass is 9.72. The van der Waals surface area contributed by atoms with Crippen LogP contribution in [0, 0.1) is 11.8 Å². The minimum atomic E-state index is -0.279. The molecule has 5 heteroatoms. The van der Waals surface area contributed by atoms with Crippen molar-refractivity contribution in [1.82, 2.24) is 10.0 Å². The molecule has 5 nitrogen and oxygen atoms in total. The summed E-state index contributed by atoms with van der Waals surface area (Å²) in [6.45, 7) is 0. The van der Waals surface area contributed by atoms with Crippen molar-refractivity contribution >= 4 is 18.3 Å². The molecular formula is C24H24N4O. The van der Waals surface area contributed by atoms with Crippen molar-refractivity contribution < 1.29 is 4.79 Å². The molecule has 0 radical (unpaired) electrons. The van der Waals surface area contributed by atoms with E-state index in [0.29, 0.717) is 5.92 Å². The third-order valence-corrected chi connectivity index (χ3v) is 7.02. The zero-order valence-corrected chi connectivity index (χ0v) is 16.3. The zero-order chi connectivity index (χ0) is 19.4. The van der Waals surface area contributed by atoms with E-state index >= 15 is 0 Å². The van der Waals surface area contributed by atoms with Gasteiger partial charge in [0.15, 0.2) is 6.17 Å². The fraction of sp³-hybridized carbons (Fsp3) is 0.375. The molecule has 6 rings (SSSR count). The van der Waals surface area contributed by atoms with E-state index in [1.165, 1.54) is 24.8 Å². The molecule has 29 heavy (non-hydrogen) atoms. The maximum Gasteiger partial charge on any atom is 0.250 e. The van der Waals surface area contributed by atoms with E-state index in [4.69, 9.17) is 5.10 Å². The van der Waals surface area contributed by atoms with Crippen LogP contribution in [-0.4, -0.2) is 28.4 Å². The molecule has 0 N–H and O–H groups in total. The van der Waals surface area contributed by atoms with Crippen molar-refractivity contribution in [2.45, 2.75) is 44.3 Å². The first-order valence-corrected chi connectivity index (χ1v) is 10.7. The Morgan fingerprint density at radius 1 is 0.793 bits per heavy atom. The largest absolute Gasteiger partial charge is 0.272 e. The summed E-state index contributed by atoms with van der Waals surface area (Å²) in [5.74, 6) is 0.437. The van der Waals surface area contributed by atoms with Crippen LogP contribution in [0.3, 0.4) is 0 Å². The number of hydrogen-bond donors (Lipinski definition) is 0. The van der Waals surface area contributed by atoms with Gasteiger partial charge in [-0.05, 0) is 29.9 Å². The van der Waals surface area contributed by atoms with Gasteiger partial charge in [0.2, 0.25) is 0 Å². The van der Waals surface area contributed by atoms with Crippen LogP contribution in [0.5, 0.6) is 0 Å². The van der Waals surface area contributed by atoms with Gasteiger partial charge in [-0.3, -0.25) is 9.80 Å². The van der Waals surface area contributed by atoms with Gasteiger partial charge in [-0.1, -0.05) is 67.8 Å².